The van der Waals surface area contributed by atoms with Gasteiger partial charge in [0, 0.05) is 43.3 Å². The van der Waals surface area contributed by atoms with Crippen LogP contribution in [0.25, 0.3) is 11.4 Å². The highest BCUT2D eigenvalue weighted by Crippen LogP contribution is 2.26. The summed E-state index contributed by atoms with van der Waals surface area (Å²) in [7, 11) is 0. The number of ether oxygens (including phenoxy) is 1. The van der Waals surface area contributed by atoms with E-state index in [4.69, 9.17) is 4.74 Å². The highest BCUT2D eigenvalue weighted by atomic mass is 16.5. The minimum Gasteiger partial charge on any atom is -0.492 e. The number of amides is 1. The number of pyridine rings is 2. The van der Waals surface area contributed by atoms with Crippen molar-refractivity contribution < 1.29 is 9.53 Å². The standard InChI is InChI=1S/C23H25N5O2/c1-17-8-9-20(22-25-12-5-13-26-22)21(27-17)23(29)28-14-3-2-6-18(28)10-15-30-19-7-4-11-24-16-19/h4-5,7-9,11-13,16,18H,2-3,6,10,14-15H2,1H3. The summed E-state index contributed by atoms with van der Waals surface area (Å²) in [6.07, 6.45) is 10.6. The Bertz CT molecular complexity index is 981. The largest absolute Gasteiger partial charge is 0.492 e. The maximum absolute atomic E-state index is 13.5. The molecular formula is C23H25N5O2. The predicted molar refractivity (Wildman–Crippen MR) is 113 cm³/mol. The summed E-state index contributed by atoms with van der Waals surface area (Å²) in [4.78, 5) is 32.8. The fourth-order valence-electron chi connectivity index (χ4n) is 3.79. The van der Waals surface area contributed by atoms with Crippen LogP contribution in [0.1, 0.15) is 41.9 Å². The first kappa shape index (κ1) is 19.9. The third-order valence-corrected chi connectivity index (χ3v) is 5.29. The van der Waals surface area contributed by atoms with Crippen LogP contribution >= 0.6 is 0 Å². The fourth-order valence-corrected chi connectivity index (χ4v) is 3.79. The summed E-state index contributed by atoms with van der Waals surface area (Å²) in [6, 6.07) is 9.39. The molecule has 0 radical (unpaired) electrons. The van der Waals surface area contributed by atoms with Gasteiger partial charge in [-0.3, -0.25) is 9.78 Å². The normalized spacial score (nSPS) is 16.3. The van der Waals surface area contributed by atoms with E-state index in [-0.39, 0.29) is 11.9 Å². The number of rotatable bonds is 6. The summed E-state index contributed by atoms with van der Waals surface area (Å²) in [5.74, 6) is 1.20. The van der Waals surface area contributed by atoms with Gasteiger partial charge in [-0.2, -0.15) is 0 Å². The molecular weight excluding hydrogens is 378 g/mol. The average molecular weight is 403 g/mol. The van der Waals surface area contributed by atoms with E-state index in [1.165, 1.54) is 0 Å². The van der Waals surface area contributed by atoms with Crippen LogP contribution in [0.2, 0.25) is 0 Å². The van der Waals surface area contributed by atoms with Gasteiger partial charge in [0.25, 0.3) is 5.91 Å². The number of hydrogen-bond donors (Lipinski definition) is 0. The predicted octanol–water partition coefficient (Wildman–Crippen LogP) is 3.71. The molecule has 1 aliphatic heterocycles. The first-order valence-corrected chi connectivity index (χ1v) is 10.3. The molecule has 0 spiro atoms. The van der Waals surface area contributed by atoms with Crippen molar-refractivity contribution in [1.29, 1.82) is 0 Å². The maximum atomic E-state index is 13.5. The van der Waals surface area contributed by atoms with E-state index in [9.17, 15) is 4.79 Å². The Kier molecular flexibility index (Phi) is 6.27. The molecule has 4 rings (SSSR count). The van der Waals surface area contributed by atoms with Gasteiger partial charge in [-0.1, -0.05) is 0 Å². The molecule has 3 aromatic heterocycles. The van der Waals surface area contributed by atoms with Crippen molar-refractivity contribution in [2.24, 2.45) is 0 Å². The van der Waals surface area contributed by atoms with Gasteiger partial charge in [0.1, 0.15) is 11.4 Å². The van der Waals surface area contributed by atoms with Gasteiger partial charge in [0.05, 0.1) is 18.4 Å². The molecule has 154 valence electrons. The molecule has 7 heteroatoms. The Balaban J connectivity index is 1.53. The van der Waals surface area contributed by atoms with E-state index >= 15 is 0 Å². The second-order valence-corrected chi connectivity index (χ2v) is 7.40. The summed E-state index contributed by atoms with van der Waals surface area (Å²) >= 11 is 0. The van der Waals surface area contributed by atoms with Gasteiger partial charge in [0.2, 0.25) is 0 Å². The lowest BCUT2D eigenvalue weighted by molar-refractivity contribution is 0.0575. The smallest absolute Gasteiger partial charge is 0.273 e. The number of carbonyl (C=O) groups excluding carboxylic acids is 1. The third kappa shape index (κ3) is 4.62. The quantitative estimate of drug-likeness (QED) is 0.624. The second kappa shape index (κ2) is 9.43. The lowest BCUT2D eigenvalue weighted by Gasteiger charge is -2.36. The van der Waals surface area contributed by atoms with Crippen LogP contribution in [-0.4, -0.2) is 49.9 Å². The molecule has 0 saturated carbocycles. The van der Waals surface area contributed by atoms with Gasteiger partial charge in [-0.25, -0.2) is 15.0 Å². The van der Waals surface area contributed by atoms with Crippen LogP contribution in [0.15, 0.2) is 55.1 Å². The zero-order valence-corrected chi connectivity index (χ0v) is 17.1. The van der Waals surface area contributed by atoms with E-state index < -0.39 is 0 Å². The van der Waals surface area contributed by atoms with E-state index in [1.54, 1.807) is 30.9 Å². The number of likely N-dealkylation sites (tertiary alicyclic amines) is 1. The van der Waals surface area contributed by atoms with Crippen molar-refractivity contribution >= 4 is 5.91 Å². The number of piperidine rings is 1. The van der Waals surface area contributed by atoms with Crippen molar-refractivity contribution in [2.45, 2.75) is 38.6 Å². The number of aryl methyl sites for hydroxylation is 1. The first-order chi connectivity index (χ1) is 14.7. The summed E-state index contributed by atoms with van der Waals surface area (Å²) in [5.41, 5.74) is 1.88. The number of nitrogens with zero attached hydrogens (tertiary/aromatic N) is 5. The number of hydrogen-bond acceptors (Lipinski definition) is 6. The highest BCUT2D eigenvalue weighted by Gasteiger charge is 2.30. The van der Waals surface area contributed by atoms with Crippen molar-refractivity contribution in [3.05, 3.63) is 66.5 Å². The van der Waals surface area contributed by atoms with Crippen LogP contribution in [-0.2, 0) is 0 Å². The molecule has 1 aliphatic rings. The second-order valence-electron chi connectivity index (χ2n) is 7.40. The Labute approximate surface area is 176 Å². The SMILES string of the molecule is Cc1ccc(-c2ncccn2)c(C(=O)N2CCCCC2CCOc2cccnc2)n1. The van der Waals surface area contributed by atoms with Gasteiger partial charge in [-0.15, -0.1) is 0 Å². The molecule has 7 nitrogen and oxygen atoms in total. The summed E-state index contributed by atoms with van der Waals surface area (Å²) in [6.45, 7) is 3.15. The molecule has 1 amide bonds. The zero-order valence-electron chi connectivity index (χ0n) is 17.1. The van der Waals surface area contributed by atoms with E-state index in [2.05, 4.69) is 19.9 Å². The summed E-state index contributed by atoms with van der Waals surface area (Å²) in [5, 5.41) is 0. The van der Waals surface area contributed by atoms with E-state index in [1.807, 2.05) is 36.1 Å². The number of carbonyl (C=O) groups is 1. The van der Waals surface area contributed by atoms with Crippen molar-refractivity contribution in [1.82, 2.24) is 24.8 Å². The van der Waals surface area contributed by atoms with Crippen molar-refractivity contribution in [2.75, 3.05) is 13.2 Å². The van der Waals surface area contributed by atoms with Gasteiger partial charge in [0.15, 0.2) is 5.82 Å². The molecule has 1 unspecified atom stereocenters. The highest BCUT2D eigenvalue weighted by molar-refractivity contribution is 5.98. The van der Waals surface area contributed by atoms with Crippen LogP contribution in [0.5, 0.6) is 5.75 Å². The minimum atomic E-state index is -0.0627. The lowest BCUT2D eigenvalue weighted by atomic mass is 9.98. The van der Waals surface area contributed by atoms with Crippen LogP contribution in [0.4, 0.5) is 0 Å². The monoisotopic (exact) mass is 403 g/mol. The molecule has 3 aromatic rings. The topological polar surface area (TPSA) is 81.1 Å². The van der Waals surface area contributed by atoms with Gasteiger partial charge in [-0.05, 0) is 56.5 Å². The molecule has 4 heterocycles. The average Bonchev–Trinajstić information content (AvgIpc) is 2.80. The Hall–Kier alpha value is -3.35. The van der Waals surface area contributed by atoms with Crippen LogP contribution in [0.3, 0.4) is 0 Å². The summed E-state index contributed by atoms with van der Waals surface area (Å²) < 4.78 is 5.82. The molecule has 0 aliphatic carbocycles. The van der Waals surface area contributed by atoms with E-state index in [0.717, 1.165) is 43.7 Å². The molecule has 0 aromatic carbocycles. The molecule has 0 bridgehead atoms. The fraction of sp³-hybridized carbons (Fsp3) is 0.348. The van der Waals surface area contributed by atoms with Crippen molar-refractivity contribution in [3.8, 4) is 17.1 Å². The van der Waals surface area contributed by atoms with Crippen LogP contribution < -0.4 is 4.74 Å². The molecule has 30 heavy (non-hydrogen) atoms. The molecule has 1 atom stereocenters. The van der Waals surface area contributed by atoms with Crippen LogP contribution in [0, 0.1) is 6.92 Å². The molecule has 0 N–H and O–H groups in total. The zero-order chi connectivity index (χ0) is 20.8. The maximum Gasteiger partial charge on any atom is 0.273 e. The third-order valence-electron chi connectivity index (χ3n) is 5.29. The first-order valence-electron chi connectivity index (χ1n) is 10.3. The van der Waals surface area contributed by atoms with Crippen molar-refractivity contribution in [3.63, 3.8) is 0 Å². The van der Waals surface area contributed by atoms with Gasteiger partial charge < -0.3 is 9.64 Å². The van der Waals surface area contributed by atoms with Gasteiger partial charge >= 0.3 is 0 Å². The van der Waals surface area contributed by atoms with E-state index in [0.29, 0.717) is 23.7 Å². The lowest BCUT2D eigenvalue weighted by Crippen LogP contribution is -2.45. The molecule has 1 fully saturated rings. The Morgan fingerprint density at radius 3 is 2.80 bits per heavy atom. The molecule has 1 saturated heterocycles. The Morgan fingerprint density at radius 2 is 2.00 bits per heavy atom. The minimum absolute atomic E-state index is 0.0627. The Morgan fingerprint density at radius 1 is 1.13 bits per heavy atom. The number of aromatic nitrogens is 4.